The molecule has 0 spiro atoms. The maximum Gasteiger partial charge on any atom is 0.280 e. The standard InChI is InChI=1S/C24H17F5N2O2/c1-11(2)33-17-9-8-13-6-4-5-7-14(13)16(17)10-15-12(3)30-31(24(15)32)23-21(28)19(26)18(25)20(27)22(23)29/h4-11H,1-3H3/b15-10-. The van der Waals surface area contributed by atoms with Crippen LogP contribution in [0.4, 0.5) is 27.6 Å². The van der Waals surface area contributed by atoms with Crippen molar-refractivity contribution in [3.8, 4) is 5.75 Å². The van der Waals surface area contributed by atoms with Crippen LogP contribution in [0.5, 0.6) is 5.75 Å². The second kappa shape index (κ2) is 8.31. The van der Waals surface area contributed by atoms with Crippen LogP contribution in [0.1, 0.15) is 26.3 Å². The second-order valence-electron chi connectivity index (χ2n) is 7.64. The molecule has 0 radical (unpaired) electrons. The molecule has 33 heavy (non-hydrogen) atoms. The molecule has 0 unspecified atom stereocenters. The van der Waals surface area contributed by atoms with Crippen LogP contribution >= 0.6 is 0 Å². The first-order valence-corrected chi connectivity index (χ1v) is 9.93. The van der Waals surface area contributed by atoms with Crippen molar-refractivity contribution in [3.05, 3.63) is 76.6 Å². The van der Waals surface area contributed by atoms with Gasteiger partial charge in [0.25, 0.3) is 5.91 Å². The fourth-order valence-corrected chi connectivity index (χ4v) is 3.54. The summed E-state index contributed by atoms with van der Waals surface area (Å²) >= 11 is 0. The first-order valence-electron chi connectivity index (χ1n) is 9.93. The first kappa shape index (κ1) is 22.4. The quantitative estimate of drug-likeness (QED) is 0.204. The molecular weight excluding hydrogens is 443 g/mol. The Labute approximate surface area is 185 Å². The Bertz CT molecular complexity index is 1340. The normalized spacial score (nSPS) is 15.2. The molecule has 4 rings (SSSR count). The topological polar surface area (TPSA) is 41.9 Å². The Kier molecular flexibility index (Phi) is 5.65. The Morgan fingerprint density at radius 3 is 2.15 bits per heavy atom. The minimum absolute atomic E-state index is 0.0346. The highest BCUT2D eigenvalue weighted by molar-refractivity contribution is 6.32. The smallest absolute Gasteiger partial charge is 0.280 e. The summed E-state index contributed by atoms with van der Waals surface area (Å²) in [5.41, 5.74) is -0.967. The SMILES string of the molecule is CC1=NN(c2c(F)c(F)c(F)c(F)c2F)C(=O)/C1=C\c1c(OC(C)C)ccc2ccccc12. The number of hydrogen-bond acceptors (Lipinski definition) is 3. The highest BCUT2D eigenvalue weighted by Crippen LogP contribution is 2.36. The summed E-state index contributed by atoms with van der Waals surface area (Å²) in [6.07, 6.45) is 1.25. The predicted molar refractivity (Wildman–Crippen MR) is 115 cm³/mol. The fraction of sp³-hybridized carbons (Fsp3) is 0.167. The number of carbonyl (C=O) groups excluding carboxylic acids is 1. The van der Waals surface area contributed by atoms with Crippen LogP contribution in [0, 0.1) is 29.1 Å². The summed E-state index contributed by atoms with van der Waals surface area (Å²) in [6, 6.07) is 10.9. The average molecular weight is 460 g/mol. The number of fused-ring (bicyclic) bond motifs is 1. The molecule has 1 amide bonds. The van der Waals surface area contributed by atoms with E-state index in [9.17, 15) is 26.7 Å². The number of amides is 1. The van der Waals surface area contributed by atoms with Gasteiger partial charge in [-0.15, -0.1) is 0 Å². The van der Waals surface area contributed by atoms with E-state index in [0.29, 0.717) is 11.3 Å². The Morgan fingerprint density at radius 1 is 0.909 bits per heavy atom. The van der Waals surface area contributed by atoms with Crippen molar-refractivity contribution >= 4 is 34.2 Å². The van der Waals surface area contributed by atoms with Crippen molar-refractivity contribution < 1.29 is 31.5 Å². The highest BCUT2D eigenvalue weighted by Gasteiger charge is 2.37. The van der Waals surface area contributed by atoms with Gasteiger partial charge >= 0.3 is 0 Å². The lowest BCUT2D eigenvalue weighted by Gasteiger charge is -2.16. The van der Waals surface area contributed by atoms with E-state index >= 15 is 0 Å². The third kappa shape index (κ3) is 3.73. The summed E-state index contributed by atoms with van der Waals surface area (Å²) in [5, 5.41) is 5.54. The van der Waals surface area contributed by atoms with Gasteiger partial charge in [-0.1, -0.05) is 30.3 Å². The van der Waals surface area contributed by atoms with Crippen LogP contribution in [0.3, 0.4) is 0 Å². The van der Waals surface area contributed by atoms with Gasteiger partial charge in [0, 0.05) is 5.56 Å². The molecule has 0 saturated heterocycles. The third-order valence-electron chi connectivity index (χ3n) is 5.04. The minimum Gasteiger partial charge on any atom is -0.490 e. The summed E-state index contributed by atoms with van der Waals surface area (Å²) < 4.78 is 75.3. The van der Waals surface area contributed by atoms with Gasteiger partial charge in [-0.05, 0) is 43.7 Å². The van der Waals surface area contributed by atoms with Gasteiger partial charge in [0.1, 0.15) is 11.4 Å². The number of hydrogen-bond donors (Lipinski definition) is 0. The Hall–Kier alpha value is -3.75. The zero-order chi connectivity index (χ0) is 24.0. The number of nitrogens with zero attached hydrogens (tertiary/aromatic N) is 2. The van der Waals surface area contributed by atoms with E-state index in [0.717, 1.165) is 10.8 Å². The van der Waals surface area contributed by atoms with E-state index in [2.05, 4.69) is 5.10 Å². The molecule has 1 aliphatic heterocycles. The Balaban J connectivity index is 1.88. The number of halogens is 5. The minimum atomic E-state index is -2.32. The van der Waals surface area contributed by atoms with Crippen LogP contribution in [-0.4, -0.2) is 17.7 Å². The van der Waals surface area contributed by atoms with Crippen LogP contribution in [-0.2, 0) is 4.79 Å². The van der Waals surface area contributed by atoms with E-state index < -0.39 is 40.7 Å². The summed E-state index contributed by atoms with van der Waals surface area (Å²) in [4.78, 5) is 13.0. The third-order valence-corrected chi connectivity index (χ3v) is 5.04. The van der Waals surface area contributed by atoms with Crippen LogP contribution < -0.4 is 9.75 Å². The second-order valence-corrected chi connectivity index (χ2v) is 7.64. The monoisotopic (exact) mass is 460 g/mol. The van der Waals surface area contributed by atoms with E-state index in [4.69, 9.17) is 4.74 Å². The van der Waals surface area contributed by atoms with Crippen molar-refractivity contribution in [2.24, 2.45) is 5.10 Å². The number of hydrazone groups is 1. The van der Waals surface area contributed by atoms with Gasteiger partial charge in [-0.3, -0.25) is 4.79 Å². The molecule has 0 bridgehead atoms. The lowest BCUT2D eigenvalue weighted by Crippen LogP contribution is -2.25. The summed E-state index contributed by atoms with van der Waals surface area (Å²) in [7, 11) is 0. The van der Waals surface area contributed by atoms with Gasteiger partial charge in [0.15, 0.2) is 23.3 Å². The van der Waals surface area contributed by atoms with Gasteiger partial charge in [0.2, 0.25) is 5.82 Å². The molecule has 0 aliphatic carbocycles. The molecule has 170 valence electrons. The molecule has 1 aliphatic rings. The number of ether oxygens (including phenoxy) is 1. The van der Waals surface area contributed by atoms with Crippen LogP contribution in [0.25, 0.3) is 16.8 Å². The Morgan fingerprint density at radius 2 is 1.52 bits per heavy atom. The molecule has 0 saturated carbocycles. The lowest BCUT2D eigenvalue weighted by molar-refractivity contribution is -0.114. The van der Waals surface area contributed by atoms with Crippen molar-refractivity contribution in [1.82, 2.24) is 0 Å². The molecule has 0 atom stereocenters. The predicted octanol–water partition coefficient (Wildman–Crippen LogP) is 6.13. The van der Waals surface area contributed by atoms with Gasteiger partial charge in [-0.25, -0.2) is 22.0 Å². The van der Waals surface area contributed by atoms with Gasteiger partial charge < -0.3 is 4.74 Å². The van der Waals surface area contributed by atoms with E-state index in [1.165, 1.54) is 13.0 Å². The zero-order valence-corrected chi connectivity index (χ0v) is 17.7. The summed E-state index contributed by atoms with van der Waals surface area (Å²) in [5.74, 6) is -11.5. The number of rotatable bonds is 4. The van der Waals surface area contributed by atoms with Crippen molar-refractivity contribution in [1.29, 1.82) is 0 Å². The highest BCUT2D eigenvalue weighted by atomic mass is 19.2. The van der Waals surface area contributed by atoms with Gasteiger partial charge in [-0.2, -0.15) is 10.1 Å². The van der Waals surface area contributed by atoms with E-state index in [1.807, 2.05) is 38.1 Å². The lowest BCUT2D eigenvalue weighted by atomic mass is 9.99. The maximum absolute atomic E-state index is 14.3. The molecule has 1 heterocycles. The maximum atomic E-state index is 14.3. The van der Waals surface area contributed by atoms with Crippen molar-refractivity contribution in [2.45, 2.75) is 26.9 Å². The van der Waals surface area contributed by atoms with Crippen LogP contribution in [0.15, 0.2) is 47.1 Å². The van der Waals surface area contributed by atoms with Gasteiger partial charge in [0.05, 0.1) is 17.4 Å². The number of carbonyl (C=O) groups is 1. The average Bonchev–Trinajstić information content (AvgIpc) is 3.05. The van der Waals surface area contributed by atoms with Crippen LogP contribution in [0.2, 0.25) is 0 Å². The molecular formula is C24H17F5N2O2. The van der Waals surface area contributed by atoms with E-state index in [1.54, 1.807) is 12.1 Å². The van der Waals surface area contributed by atoms with Crippen molar-refractivity contribution in [3.63, 3.8) is 0 Å². The fourth-order valence-electron chi connectivity index (χ4n) is 3.54. The molecule has 3 aromatic rings. The van der Waals surface area contributed by atoms with Crippen molar-refractivity contribution in [2.75, 3.05) is 5.01 Å². The molecule has 0 fully saturated rings. The molecule has 0 N–H and O–H groups in total. The zero-order valence-electron chi connectivity index (χ0n) is 17.7. The molecule has 4 nitrogen and oxygen atoms in total. The summed E-state index contributed by atoms with van der Waals surface area (Å²) in [6.45, 7) is 5.04. The molecule has 0 aromatic heterocycles. The largest absolute Gasteiger partial charge is 0.490 e. The first-order chi connectivity index (χ1) is 15.6. The molecule has 3 aromatic carbocycles. The number of benzene rings is 3. The number of anilines is 1. The van der Waals surface area contributed by atoms with E-state index in [-0.39, 0.29) is 22.4 Å². The molecule has 9 heteroatoms.